The van der Waals surface area contributed by atoms with Gasteiger partial charge in [0, 0.05) is 17.5 Å². The van der Waals surface area contributed by atoms with Gasteiger partial charge in [0.1, 0.15) is 11.5 Å². The van der Waals surface area contributed by atoms with Crippen LogP contribution in [0.3, 0.4) is 0 Å². The molecular weight excluding hydrogens is 354 g/mol. The lowest BCUT2D eigenvalue weighted by Gasteiger charge is -2.08. The SMILES string of the molecule is O=C(CSc1ccccc1)Nc1c(Cc2ccccc2)nc2ccccn12. The molecule has 0 unspecified atom stereocenters. The standard InChI is InChI=1S/C22H19N3OS/c26-21(16-27-18-11-5-2-6-12-18)24-22-19(15-17-9-3-1-4-10-17)23-20-13-7-8-14-25(20)22/h1-14H,15-16H2,(H,24,26). The van der Waals surface area contributed by atoms with Gasteiger partial charge >= 0.3 is 0 Å². The molecule has 0 aliphatic carbocycles. The van der Waals surface area contributed by atoms with E-state index in [1.165, 1.54) is 11.8 Å². The van der Waals surface area contributed by atoms with Gasteiger partial charge in [-0.05, 0) is 29.8 Å². The Labute approximate surface area is 162 Å². The zero-order chi connectivity index (χ0) is 18.5. The highest BCUT2D eigenvalue weighted by Crippen LogP contribution is 2.23. The van der Waals surface area contributed by atoms with E-state index in [1.807, 2.05) is 77.3 Å². The lowest BCUT2D eigenvalue weighted by atomic mass is 10.1. The molecule has 1 amide bonds. The van der Waals surface area contributed by atoms with Gasteiger partial charge in [0.05, 0.1) is 11.4 Å². The van der Waals surface area contributed by atoms with Gasteiger partial charge in [-0.3, -0.25) is 9.20 Å². The molecule has 0 saturated carbocycles. The van der Waals surface area contributed by atoms with Gasteiger partial charge in [-0.1, -0.05) is 54.6 Å². The normalized spacial score (nSPS) is 10.8. The number of imidazole rings is 1. The first kappa shape index (κ1) is 17.4. The number of fused-ring (bicyclic) bond motifs is 1. The molecule has 0 radical (unpaired) electrons. The summed E-state index contributed by atoms with van der Waals surface area (Å²) in [7, 11) is 0. The van der Waals surface area contributed by atoms with Crippen LogP contribution in [-0.2, 0) is 11.2 Å². The van der Waals surface area contributed by atoms with E-state index in [2.05, 4.69) is 17.4 Å². The average Bonchev–Trinajstić information content (AvgIpc) is 3.05. The number of aromatic nitrogens is 2. The van der Waals surface area contributed by atoms with Crippen LogP contribution in [0.15, 0.2) is 90.0 Å². The van der Waals surface area contributed by atoms with Crippen molar-refractivity contribution in [2.45, 2.75) is 11.3 Å². The molecule has 0 aliphatic heterocycles. The number of carbonyl (C=O) groups excluding carboxylic acids is 1. The topological polar surface area (TPSA) is 46.4 Å². The first-order valence-electron chi connectivity index (χ1n) is 8.77. The van der Waals surface area contributed by atoms with E-state index in [1.54, 1.807) is 0 Å². The summed E-state index contributed by atoms with van der Waals surface area (Å²) in [6.45, 7) is 0. The minimum Gasteiger partial charge on any atom is -0.310 e. The summed E-state index contributed by atoms with van der Waals surface area (Å²) < 4.78 is 1.93. The van der Waals surface area contributed by atoms with Crippen molar-refractivity contribution < 1.29 is 4.79 Å². The highest BCUT2D eigenvalue weighted by atomic mass is 32.2. The second kappa shape index (κ2) is 8.10. The Morgan fingerprint density at radius 1 is 0.926 bits per heavy atom. The van der Waals surface area contributed by atoms with Gasteiger partial charge in [0.25, 0.3) is 0 Å². The van der Waals surface area contributed by atoms with Gasteiger partial charge in [-0.25, -0.2) is 4.98 Å². The van der Waals surface area contributed by atoms with Crippen molar-refractivity contribution in [3.05, 3.63) is 96.3 Å². The molecule has 0 aliphatic rings. The van der Waals surface area contributed by atoms with Gasteiger partial charge < -0.3 is 5.32 Å². The van der Waals surface area contributed by atoms with Gasteiger partial charge in [-0.15, -0.1) is 11.8 Å². The third-order valence-electron chi connectivity index (χ3n) is 4.19. The summed E-state index contributed by atoms with van der Waals surface area (Å²) in [4.78, 5) is 18.4. The third-order valence-corrected chi connectivity index (χ3v) is 5.20. The molecule has 2 aromatic heterocycles. The Hall–Kier alpha value is -3.05. The van der Waals surface area contributed by atoms with Crippen molar-refractivity contribution in [3.63, 3.8) is 0 Å². The molecule has 5 heteroatoms. The van der Waals surface area contributed by atoms with Crippen LogP contribution in [0.5, 0.6) is 0 Å². The van der Waals surface area contributed by atoms with E-state index in [0.717, 1.165) is 27.6 Å². The number of nitrogens with one attached hydrogen (secondary N) is 1. The number of hydrogen-bond acceptors (Lipinski definition) is 3. The quantitative estimate of drug-likeness (QED) is 0.500. The van der Waals surface area contributed by atoms with Crippen LogP contribution in [0.4, 0.5) is 5.82 Å². The minimum absolute atomic E-state index is 0.0381. The second-order valence-electron chi connectivity index (χ2n) is 6.15. The molecule has 2 aromatic carbocycles. The smallest absolute Gasteiger partial charge is 0.235 e. The molecule has 0 fully saturated rings. The lowest BCUT2D eigenvalue weighted by molar-refractivity contribution is -0.113. The monoisotopic (exact) mass is 373 g/mol. The Morgan fingerprint density at radius 3 is 2.41 bits per heavy atom. The van der Waals surface area contributed by atoms with Crippen molar-refractivity contribution in [1.29, 1.82) is 0 Å². The third kappa shape index (κ3) is 4.20. The van der Waals surface area contributed by atoms with Crippen molar-refractivity contribution in [1.82, 2.24) is 9.38 Å². The molecular formula is C22H19N3OS. The Kier molecular flexibility index (Phi) is 5.21. The zero-order valence-electron chi connectivity index (χ0n) is 14.7. The highest BCUT2D eigenvalue weighted by molar-refractivity contribution is 8.00. The van der Waals surface area contributed by atoms with Crippen molar-refractivity contribution >= 4 is 29.1 Å². The first-order chi connectivity index (χ1) is 13.3. The molecule has 0 bridgehead atoms. The van der Waals surface area contributed by atoms with Crippen LogP contribution in [0.1, 0.15) is 11.3 Å². The number of nitrogens with zero attached hydrogens (tertiary/aromatic N) is 2. The van der Waals surface area contributed by atoms with E-state index < -0.39 is 0 Å². The summed E-state index contributed by atoms with van der Waals surface area (Å²) >= 11 is 1.52. The number of carbonyl (C=O) groups is 1. The van der Waals surface area contributed by atoms with E-state index in [4.69, 9.17) is 4.98 Å². The van der Waals surface area contributed by atoms with Crippen molar-refractivity contribution in [2.75, 3.05) is 11.1 Å². The Morgan fingerprint density at radius 2 is 1.63 bits per heavy atom. The molecule has 1 N–H and O–H groups in total. The number of thioether (sulfide) groups is 1. The van der Waals surface area contributed by atoms with E-state index in [9.17, 15) is 4.79 Å². The van der Waals surface area contributed by atoms with Crippen molar-refractivity contribution in [3.8, 4) is 0 Å². The summed E-state index contributed by atoms with van der Waals surface area (Å²) in [5, 5.41) is 3.06. The van der Waals surface area contributed by atoms with E-state index in [0.29, 0.717) is 12.2 Å². The molecule has 2 heterocycles. The Bertz CT molecular complexity index is 1050. The predicted octanol–water partition coefficient (Wildman–Crippen LogP) is 4.66. The maximum atomic E-state index is 12.6. The van der Waals surface area contributed by atoms with Crippen LogP contribution in [0, 0.1) is 0 Å². The van der Waals surface area contributed by atoms with Gasteiger partial charge in [0.15, 0.2) is 0 Å². The van der Waals surface area contributed by atoms with Gasteiger partial charge in [0.2, 0.25) is 5.91 Å². The maximum absolute atomic E-state index is 12.6. The van der Waals surface area contributed by atoms with Crippen LogP contribution in [0.2, 0.25) is 0 Å². The summed E-state index contributed by atoms with van der Waals surface area (Å²) in [5.41, 5.74) is 2.86. The van der Waals surface area contributed by atoms with Crippen LogP contribution < -0.4 is 5.32 Å². The molecule has 134 valence electrons. The summed E-state index contributed by atoms with van der Waals surface area (Å²) in [5.74, 6) is 1.06. The summed E-state index contributed by atoms with van der Waals surface area (Å²) in [6, 6.07) is 25.9. The molecule has 27 heavy (non-hydrogen) atoms. The summed E-state index contributed by atoms with van der Waals surface area (Å²) in [6.07, 6.45) is 2.60. The molecule has 0 spiro atoms. The van der Waals surface area contributed by atoms with Crippen LogP contribution >= 0.6 is 11.8 Å². The van der Waals surface area contributed by atoms with E-state index >= 15 is 0 Å². The molecule has 0 atom stereocenters. The number of hydrogen-bond donors (Lipinski definition) is 1. The van der Waals surface area contributed by atoms with E-state index in [-0.39, 0.29) is 5.91 Å². The molecule has 4 rings (SSSR count). The predicted molar refractivity (Wildman–Crippen MR) is 110 cm³/mol. The first-order valence-corrected chi connectivity index (χ1v) is 9.76. The number of pyridine rings is 1. The van der Waals surface area contributed by atoms with Crippen molar-refractivity contribution in [2.24, 2.45) is 0 Å². The fourth-order valence-corrected chi connectivity index (χ4v) is 3.64. The highest BCUT2D eigenvalue weighted by Gasteiger charge is 2.15. The lowest BCUT2D eigenvalue weighted by Crippen LogP contribution is -2.16. The molecule has 0 saturated heterocycles. The number of rotatable bonds is 6. The molecule has 4 aromatic rings. The number of benzene rings is 2. The fraction of sp³-hybridized carbons (Fsp3) is 0.0909. The van der Waals surface area contributed by atoms with Gasteiger partial charge in [-0.2, -0.15) is 0 Å². The fourth-order valence-electron chi connectivity index (χ4n) is 2.92. The molecule has 4 nitrogen and oxygen atoms in total. The minimum atomic E-state index is -0.0381. The van der Waals surface area contributed by atoms with Crippen LogP contribution in [0.25, 0.3) is 5.65 Å². The zero-order valence-corrected chi connectivity index (χ0v) is 15.5. The largest absolute Gasteiger partial charge is 0.310 e. The number of amides is 1. The van der Waals surface area contributed by atoms with Crippen LogP contribution in [-0.4, -0.2) is 21.0 Å². The average molecular weight is 373 g/mol. The number of anilines is 1. The Balaban J connectivity index is 1.56. The maximum Gasteiger partial charge on any atom is 0.235 e. The second-order valence-corrected chi connectivity index (χ2v) is 7.20.